The summed E-state index contributed by atoms with van der Waals surface area (Å²) < 4.78 is 5.11. The number of ether oxygens (including phenoxy) is 1. The van der Waals surface area contributed by atoms with E-state index < -0.39 is 6.04 Å². The number of carbonyl (C=O) groups is 3. The lowest BCUT2D eigenvalue weighted by Gasteiger charge is -2.23. The van der Waals surface area contributed by atoms with Gasteiger partial charge in [-0.1, -0.05) is 17.7 Å². The summed E-state index contributed by atoms with van der Waals surface area (Å²) in [6.07, 6.45) is 0. The smallest absolute Gasteiger partial charge is 0.248 e. The number of benzene rings is 2. The Kier molecular flexibility index (Phi) is 8.25. The van der Waals surface area contributed by atoms with E-state index in [1.54, 1.807) is 48.0 Å². The van der Waals surface area contributed by atoms with Crippen LogP contribution in [0.3, 0.4) is 0 Å². The van der Waals surface area contributed by atoms with Crippen LogP contribution in [0.25, 0.3) is 0 Å². The topological polar surface area (TPSA) is 87.7 Å². The molecule has 0 radical (unpaired) electrons. The molecule has 7 nitrogen and oxygen atoms in total. The minimum Gasteiger partial charge on any atom is -0.497 e. The van der Waals surface area contributed by atoms with Crippen molar-refractivity contribution in [3.63, 3.8) is 0 Å². The highest BCUT2D eigenvalue weighted by Crippen LogP contribution is 2.24. The van der Waals surface area contributed by atoms with Gasteiger partial charge in [0.2, 0.25) is 17.7 Å². The van der Waals surface area contributed by atoms with Gasteiger partial charge >= 0.3 is 0 Å². The minimum atomic E-state index is -0.526. The number of amides is 3. The van der Waals surface area contributed by atoms with E-state index in [2.05, 4.69) is 10.6 Å². The first-order chi connectivity index (χ1) is 15.0. The molecule has 1 fully saturated rings. The first-order valence-electron chi connectivity index (χ1n) is 9.72. The summed E-state index contributed by atoms with van der Waals surface area (Å²) in [5.41, 5.74) is 2.50. The molecule has 1 unspecified atom stereocenters. The van der Waals surface area contributed by atoms with Gasteiger partial charge in [0.05, 0.1) is 24.5 Å². The van der Waals surface area contributed by atoms with Crippen molar-refractivity contribution in [1.29, 1.82) is 0 Å². The summed E-state index contributed by atoms with van der Waals surface area (Å²) in [6, 6.07) is 14.1. The lowest BCUT2D eigenvalue weighted by Crippen LogP contribution is -2.45. The van der Waals surface area contributed by atoms with Crippen molar-refractivity contribution >= 4 is 52.6 Å². The zero-order chi connectivity index (χ0) is 22.2. The number of aryl methyl sites for hydroxylation is 1. The van der Waals surface area contributed by atoms with Crippen LogP contribution in [0, 0.1) is 6.92 Å². The fourth-order valence-electron chi connectivity index (χ4n) is 2.95. The van der Waals surface area contributed by atoms with Gasteiger partial charge in [-0.2, -0.15) is 0 Å². The third-order valence-electron chi connectivity index (χ3n) is 4.66. The van der Waals surface area contributed by atoms with Crippen LogP contribution >= 0.6 is 23.5 Å². The maximum Gasteiger partial charge on any atom is 0.248 e. The second kappa shape index (κ2) is 11.1. The van der Waals surface area contributed by atoms with Crippen LogP contribution in [0.4, 0.5) is 11.4 Å². The molecule has 1 saturated heterocycles. The Hall–Kier alpha value is -2.65. The van der Waals surface area contributed by atoms with Gasteiger partial charge in [0.15, 0.2) is 0 Å². The number of methoxy groups -OCH3 is 1. The van der Waals surface area contributed by atoms with E-state index in [9.17, 15) is 14.4 Å². The van der Waals surface area contributed by atoms with Gasteiger partial charge in [-0.25, -0.2) is 0 Å². The Bertz CT molecular complexity index is 919. The highest BCUT2D eigenvalue weighted by Gasteiger charge is 2.34. The van der Waals surface area contributed by atoms with Gasteiger partial charge in [0.25, 0.3) is 0 Å². The van der Waals surface area contributed by atoms with Gasteiger partial charge in [0.1, 0.15) is 11.8 Å². The molecule has 0 spiro atoms. The van der Waals surface area contributed by atoms with Crippen molar-refractivity contribution in [2.45, 2.75) is 13.0 Å². The van der Waals surface area contributed by atoms with Crippen molar-refractivity contribution in [1.82, 2.24) is 4.90 Å². The molecule has 2 N–H and O–H groups in total. The largest absolute Gasteiger partial charge is 0.497 e. The van der Waals surface area contributed by atoms with E-state index in [1.165, 1.54) is 11.8 Å². The summed E-state index contributed by atoms with van der Waals surface area (Å²) in [7, 11) is 1.58. The van der Waals surface area contributed by atoms with Gasteiger partial charge in [-0.15, -0.1) is 23.5 Å². The fraction of sp³-hybridized carbons (Fsp3) is 0.318. The number of carbonyl (C=O) groups excluding carboxylic acids is 3. The molecule has 0 saturated carbocycles. The predicted molar refractivity (Wildman–Crippen MR) is 127 cm³/mol. The molecule has 164 valence electrons. The van der Waals surface area contributed by atoms with E-state index in [4.69, 9.17) is 4.74 Å². The van der Waals surface area contributed by atoms with Crippen LogP contribution in [0.5, 0.6) is 5.75 Å². The van der Waals surface area contributed by atoms with Gasteiger partial charge in [-0.3, -0.25) is 14.4 Å². The highest BCUT2D eigenvalue weighted by atomic mass is 32.2. The van der Waals surface area contributed by atoms with E-state index >= 15 is 0 Å². The maximum absolute atomic E-state index is 12.7. The van der Waals surface area contributed by atoms with E-state index in [1.807, 2.05) is 31.2 Å². The number of rotatable bonds is 8. The van der Waals surface area contributed by atoms with Crippen LogP contribution < -0.4 is 15.4 Å². The van der Waals surface area contributed by atoms with Crippen LogP contribution in [0.15, 0.2) is 48.5 Å². The molecule has 1 heterocycles. The summed E-state index contributed by atoms with van der Waals surface area (Å²) >= 11 is 2.78. The van der Waals surface area contributed by atoms with Crippen LogP contribution in [-0.2, 0) is 14.4 Å². The summed E-state index contributed by atoms with van der Waals surface area (Å²) in [5.74, 6) is 1.51. The predicted octanol–water partition coefficient (Wildman–Crippen LogP) is 3.22. The Balaban J connectivity index is 1.45. The number of anilines is 2. The summed E-state index contributed by atoms with van der Waals surface area (Å²) in [5, 5.41) is 5.67. The van der Waals surface area contributed by atoms with E-state index in [0.29, 0.717) is 23.1 Å². The maximum atomic E-state index is 12.7. The molecular formula is C22H25N3O4S2. The number of hydrogen-bond acceptors (Lipinski definition) is 6. The molecule has 2 aromatic rings. The third-order valence-corrected chi connectivity index (χ3v) is 6.59. The average molecular weight is 460 g/mol. The molecule has 3 amide bonds. The van der Waals surface area contributed by atoms with Crippen molar-refractivity contribution in [3.8, 4) is 5.75 Å². The zero-order valence-electron chi connectivity index (χ0n) is 17.4. The van der Waals surface area contributed by atoms with Crippen molar-refractivity contribution < 1.29 is 19.1 Å². The zero-order valence-corrected chi connectivity index (χ0v) is 19.1. The van der Waals surface area contributed by atoms with Crippen LogP contribution in [0.1, 0.15) is 5.56 Å². The average Bonchev–Trinajstić information content (AvgIpc) is 3.26. The number of nitrogens with one attached hydrogen (secondary N) is 2. The molecule has 1 aliphatic rings. The lowest BCUT2D eigenvalue weighted by molar-refractivity contribution is -0.134. The van der Waals surface area contributed by atoms with E-state index in [-0.39, 0.29) is 29.2 Å². The Morgan fingerprint density at radius 3 is 2.35 bits per heavy atom. The van der Waals surface area contributed by atoms with Gasteiger partial charge in [-0.05, 0) is 43.3 Å². The molecule has 31 heavy (non-hydrogen) atoms. The SMILES string of the molecule is COc1ccc(NC(=O)C2CSCN2C(=O)CSCC(=O)Nc2ccc(C)cc2)cc1. The Labute approximate surface area is 190 Å². The molecule has 9 heteroatoms. The highest BCUT2D eigenvalue weighted by molar-refractivity contribution is 8.00. The molecule has 2 aromatic carbocycles. The van der Waals surface area contributed by atoms with Crippen molar-refractivity contribution in [3.05, 3.63) is 54.1 Å². The molecule has 0 bridgehead atoms. The molecule has 1 atom stereocenters. The minimum absolute atomic E-state index is 0.145. The molecule has 1 aliphatic heterocycles. The lowest BCUT2D eigenvalue weighted by atomic mass is 10.2. The second-order valence-electron chi connectivity index (χ2n) is 7.00. The number of hydrogen-bond donors (Lipinski definition) is 2. The first-order valence-corrected chi connectivity index (χ1v) is 12.0. The number of nitrogens with zero attached hydrogens (tertiary/aromatic N) is 1. The van der Waals surface area contributed by atoms with Crippen molar-refractivity contribution in [2.75, 3.05) is 40.9 Å². The Morgan fingerprint density at radius 1 is 1.03 bits per heavy atom. The van der Waals surface area contributed by atoms with Gasteiger partial charge < -0.3 is 20.3 Å². The monoisotopic (exact) mass is 459 g/mol. The number of thioether (sulfide) groups is 2. The van der Waals surface area contributed by atoms with Crippen LogP contribution in [0.2, 0.25) is 0 Å². The molecule has 0 aromatic heterocycles. The van der Waals surface area contributed by atoms with E-state index in [0.717, 1.165) is 11.3 Å². The van der Waals surface area contributed by atoms with Gasteiger partial charge in [0, 0.05) is 17.1 Å². The normalized spacial score (nSPS) is 15.4. The summed E-state index contributed by atoms with van der Waals surface area (Å²) in [4.78, 5) is 39.0. The molecular weight excluding hydrogens is 434 g/mol. The fourth-order valence-corrected chi connectivity index (χ4v) is 4.83. The molecule has 0 aliphatic carbocycles. The Morgan fingerprint density at radius 2 is 1.68 bits per heavy atom. The van der Waals surface area contributed by atoms with Crippen LogP contribution in [-0.4, -0.2) is 58.9 Å². The summed E-state index contributed by atoms with van der Waals surface area (Å²) in [6.45, 7) is 1.98. The van der Waals surface area contributed by atoms with Crippen molar-refractivity contribution in [2.24, 2.45) is 0 Å². The molecule has 3 rings (SSSR count). The quantitative estimate of drug-likeness (QED) is 0.630. The standard InChI is InChI=1S/C22H25N3O4S2/c1-15-3-5-16(6-4-15)23-20(26)12-30-13-21(27)25-14-31-11-19(25)22(28)24-17-7-9-18(29-2)10-8-17/h3-10,19H,11-14H2,1-2H3,(H,23,26)(H,24,28). The second-order valence-corrected chi connectivity index (χ2v) is 8.99. The third kappa shape index (κ3) is 6.67. The first kappa shape index (κ1) is 23.0.